The zero-order valence-corrected chi connectivity index (χ0v) is 16.7. The molecule has 0 aliphatic rings. The summed E-state index contributed by atoms with van der Waals surface area (Å²) in [7, 11) is 0. The molecule has 0 saturated carbocycles. The maximum absolute atomic E-state index is 13.1. The number of ether oxygens (including phenoxy) is 1. The summed E-state index contributed by atoms with van der Waals surface area (Å²) in [5.41, 5.74) is 3.69. The van der Waals surface area contributed by atoms with Crippen LogP contribution in [0.5, 0.6) is 5.75 Å². The van der Waals surface area contributed by atoms with Crippen LogP contribution in [-0.4, -0.2) is 22.3 Å². The fraction of sp³-hybridized carbons (Fsp3) is 0.545. The second-order valence-corrected chi connectivity index (χ2v) is 6.88. The normalized spacial score (nSPS) is 10.9. The number of aromatic nitrogens is 2. The topological polar surface area (TPSA) is 44.1 Å². The number of para-hydroxylation sites is 1. The second-order valence-electron chi connectivity index (χ2n) is 6.88. The average molecular weight is 357 g/mol. The first-order valence-corrected chi connectivity index (χ1v) is 9.91. The lowest BCUT2D eigenvalue weighted by Gasteiger charge is -2.11. The van der Waals surface area contributed by atoms with Crippen LogP contribution in [0.2, 0.25) is 0 Å². The lowest BCUT2D eigenvalue weighted by atomic mass is 10.0. The van der Waals surface area contributed by atoms with Crippen LogP contribution in [0.3, 0.4) is 0 Å². The zero-order chi connectivity index (χ0) is 18.9. The smallest absolute Gasteiger partial charge is 0.282 e. The van der Waals surface area contributed by atoms with Gasteiger partial charge < -0.3 is 4.74 Å². The van der Waals surface area contributed by atoms with Gasteiger partial charge in [-0.2, -0.15) is 5.10 Å². The molecule has 4 heteroatoms. The van der Waals surface area contributed by atoms with Crippen LogP contribution in [0, 0.1) is 13.8 Å². The van der Waals surface area contributed by atoms with E-state index in [0.717, 1.165) is 30.7 Å². The van der Waals surface area contributed by atoms with E-state index in [2.05, 4.69) is 18.9 Å². The highest BCUT2D eigenvalue weighted by Crippen LogP contribution is 2.23. The van der Waals surface area contributed by atoms with Crippen molar-refractivity contribution in [1.29, 1.82) is 0 Å². The Bertz CT molecular complexity index is 719. The third-order valence-corrected chi connectivity index (χ3v) is 4.74. The molecule has 0 fully saturated rings. The van der Waals surface area contributed by atoms with Gasteiger partial charge in [-0.3, -0.25) is 4.79 Å². The Hall–Kier alpha value is -2.10. The first-order chi connectivity index (χ1) is 12.6. The van der Waals surface area contributed by atoms with Crippen molar-refractivity contribution in [2.24, 2.45) is 0 Å². The molecule has 0 spiro atoms. The predicted molar refractivity (Wildman–Crippen MR) is 106 cm³/mol. The molecule has 0 aliphatic heterocycles. The number of carbonyl (C=O) groups is 1. The van der Waals surface area contributed by atoms with Gasteiger partial charge in [0.15, 0.2) is 0 Å². The number of rotatable bonds is 10. The van der Waals surface area contributed by atoms with E-state index in [1.165, 1.54) is 31.2 Å². The zero-order valence-electron chi connectivity index (χ0n) is 16.7. The van der Waals surface area contributed by atoms with Gasteiger partial charge in [0, 0.05) is 5.69 Å². The fourth-order valence-corrected chi connectivity index (χ4v) is 3.24. The molecule has 26 heavy (non-hydrogen) atoms. The Kier molecular flexibility index (Phi) is 7.89. The highest BCUT2D eigenvalue weighted by atomic mass is 16.5. The number of nitrogens with zero attached hydrogens (tertiary/aromatic N) is 2. The Morgan fingerprint density at radius 3 is 2.50 bits per heavy atom. The minimum Gasteiger partial charge on any atom is -0.493 e. The van der Waals surface area contributed by atoms with Crippen molar-refractivity contribution < 1.29 is 9.53 Å². The van der Waals surface area contributed by atoms with Crippen LogP contribution in [0.15, 0.2) is 24.3 Å². The van der Waals surface area contributed by atoms with Crippen LogP contribution in [-0.2, 0) is 6.42 Å². The molecule has 2 aromatic rings. The molecule has 0 amide bonds. The van der Waals surface area contributed by atoms with Gasteiger partial charge in [-0.25, -0.2) is 4.68 Å². The van der Waals surface area contributed by atoms with Crippen LogP contribution >= 0.6 is 0 Å². The average Bonchev–Trinajstić information content (AvgIpc) is 2.94. The van der Waals surface area contributed by atoms with Crippen LogP contribution in [0.4, 0.5) is 0 Å². The molecular weight excluding hydrogens is 324 g/mol. The molecule has 0 aliphatic carbocycles. The van der Waals surface area contributed by atoms with Crippen molar-refractivity contribution in [3.05, 3.63) is 46.8 Å². The van der Waals surface area contributed by atoms with Crippen molar-refractivity contribution in [3.8, 4) is 5.75 Å². The summed E-state index contributed by atoms with van der Waals surface area (Å²) in [6.07, 6.45) is 8.11. The van der Waals surface area contributed by atoms with E-state index < -0.39 is 0 Å². The van der Waals surface area contributed by atoms with Gasteiger partial charge >= 0.3 is 0 Å². The maximum Gasteiger partial charge on any atom is 0.282 e. The lowest BCUT2D eigenvalue weighted by molar-refractivity contribution is 0.0938. The maximum atomic E-state index is 13.1. The van der Waals surface area contributed by atoms with E-state index in [4.69, 9.17) is 4.74 Å². The van der Waals surface area contributed by atoms with Gasteiger partial charge in [0.1, 0.15) is 5.75 Å². The van der Waals surface area contributed by atoms with Crippen molar-refractivity contribution >= 4 is 5.91 Å². The summed E-state index contributed by atoms with van der Waals surface area (Å²) >= 11 is 0. The summed E-state index contributed by atoms with van der Waals surface area (Å²) in [4.78, 5) is 13.1. The van der Waals surface area contributed by atoms with Gasteiger partial charge in [0.2, 0.25) is 0 Å². The van der Waals surface area contributed by atoms with E-state index in [-0.39, 0.29) is 5.91 Å². The van der Waals surface area contributed by atoms with E-state index in [0.29, 0.717) is 17.9 Å². The van der Waals surface area contributed by atoms with E-state index in [1.807, 2.05) is 38.1 Å². The molecule has 0 saturated heterocycles. The van der Waals surface area contributed by atoms with Crippen molar-refractivity contribution in [2.75, 3.05) is 6.61 Å². The number of hydrogen-bond donors (Lipinski definition) is 0. The SMILES string of the molecule is CCCCCCCc1c(C)nn(C(=O)c2ccccc2OCCC)c1C. The summed E-state index contributed by atoms with van der Waals surface area (Å²) in [6.45, 7) is 8.88. The van der Waals surface area contributed by atoms with Crippen LogP contribution < -0.4 is 4.74 Å². The number of hydrogen-bond acceptors (Lipinski definition) is 3. The molecule has 0 unspecified atom stereocenters. The fourth-order valence-electron chi connectivity index (χ4n) is 3.24. The van der Waals surface area contributed by atoms with Gasteiger partial charge in [-0.15, -0.1) is 0 Å². The third-order valence-electron chi connectivity index (χ3n) is 4.74. The summed E-state index contributed by atoms with van der Waals surface area (Å²) in [5.74, 6) is 0.516. The molecule has 0 radical (unpaired) electrons. The number of unbranched alkanes of at least 4 members (excludes halogenated alkanes) is 4. The molecule has 4 nitrogen and oxygen atoms in total. The largest absolute Gasteiger partial charge is 0.493 e. The van der Waals surface area contributed by atoms with E-state index in [9.17, 15) is 4.79 Å². The molecule has 1 aromatic heterocycles. The Balaban J connectivity index is 2.16. The minimum atomic E-state index is -0.116. The third kappa shape index (κ3) is 4.96. The van der Waals surface area contributed by atoms with Crippen molar-refractivity contribution in [2.45, 2.75) is 72.6 Å². The number of aryl methyl sites for hydroxylation is 1. The molecule has 0 atom stereocenters. The standard InChI is InChI=1S/C22H32N2O2/c1-5-7-8-9-10-13-19-17(3)23-24(18(19)4)22(25)20-14-11-12-15-21(20)26-16-6-2/h11-12,14-15H,5-10,13,16H2,1-4H3. The Morgan fingerprint density at radius 1 is 1.04 bits per heavy atom. The summed E-state index contributed by atoms with van der Waals surface area (Å²) in [6, 6.07) is 7.43. The lowest BCUT2D eigenvalue weighted by Crippen LogP contribution is -2.17. The van der Waals surface area contributed by atoms with Crippen LogP contribution in [0.1, 0.15) is 79.7 Å². The molecule has 0 N–H and O–H groups in total. The first-order valence-electron chi connectivity index (χ1n) is 9.91. The van der Waals surface area contributed by atoms with Crippen molar-refractivity contribution in [1.82, 2.24) is 9.78 Å². The molecular formula is C22H32N2O2. The summed E-state index contributed by atoms with van der Waals surface area (Å²) < 4.78 is 7.29. The van der Waals surface area contributed by atoms with Crippen molar-refractivity contribution in [3.63, 3.8) is 0 Å². The van der Waals surface area contributed by atoms with Gasteiger partial charge in [0.25, 0.3) is 5.91 Å². The quantitative estimate of drug-likeness (QED) is 0.529. The highest BCUT2D eigenvalue weighted by Gasteiger charge is 2.20. The van der Waals surface area contributed by atoms with Gasteiger partial charge in [0.05, 0.1) is 17.9 Å². The summed E-state index contributed by atoms with van der Waals surface area (Å²) in [5, 5.41) is 4.53. The predicted octanol–water partition coefficient (Wildman–Crippen LogP) is 5.49. The van der Waals surface area contributed by atoms with E-state index in [1.54, 1.807) is 4.68 Å². The van der Waals surface area contributed by atoms with Gasteiger partial charge in [-0.1, -0.05) is 51.7 Å². The Labute approximate surface area is 157 Å². The number of benzene rings is 1. The molecule has 0 bridgehead atoms. The second kappa shape index (κ2) is 10.1. The molecule has 1 heterocycles. The van der Waals surface area contributed by atoms with Crippen LogP contribution in [0.25, 0.3) is 0 Å². The highest BCUT2D eigenvalue weighted by molar-refractivity contribution is 5.98. The van der Waals surface area contributed by atoms with E-state index >= 15 is 0 Å². The Morgan fingerprint density at radius 2 is 1.77 bits per heavy atom. The minimum absolute atomic E-state index is 0.116. The van der Waals surface area contributed by atoms with Gasteiger partial charge in [-0.05, 0) is 50.8 Å². The first kappa shape index (κ1) is 20.2. The number of carbonyl (C=O) groups excluding carboxylic acids is 1. The molecule has 1 aromatic carbocycles. The monoisotopic (exact) mass is 356 g/mol. The molecule has 2 rings (SSSR count). The molecule has 142 valence electrons.